The lowest BCUT2D eigenvalue weighted by molar-refractivity contribution is 0.299. The van der Waals surface area contributed by atoms with Gasteiger partial charge in [0, 0.05) is 12.7 Å². The Morgan fingerprint density at radius 1 is 0.783 bits per heavy atom. The molecule has 0 bridgehead atoms. The Balaban J connectivity index is 2.09. The van der Waals surface area contributed by atoms with Crippen molar-refractivity contribution in [2.45, 2.75) is 6.04 Å². The van der Waals surface area contributed by atoms with E-state index in [-0.39, 0.29) is 12.6 Å². The SMILES string of the molecule is OCCN(c1ccccn1)C(c1ccccc1)c1ccccc1. The molecule has 0 radical (unpaired) electrons. The summed E-state index contributed by atoms with van der Waals surface area (Å²) in [5.74, 6) is 0.860. The highest BCUT2D eigenvalue weighted by Crippen LogP contribution is 2.31. The fourth-order valence-electron chi connectivity index (χ4n) is 2.83. The van der Waals surface area contributed by atoms with Crippen LogP contribution in [-0.4, -0.2) is 23.2 Å². The summed E-state index contributed by atoms with van der Waals surface area (Å²) in [6, 6.07) is 26.5. The molecule has 1 aromatic heterocycles. The molecule has 0 amide bonds. The van der Waals surface area contributed by atoms with Crippen molar-refractivity contribution in [3.63, 3.8) is 0 Å². The Hall–Kier alpha value is -2.65. The maximum Gasteiger partial charge on any atom is 0.129 e. The van der Waals surface area contributed by atoms with Crippen LogP contribution in [0.1, 0.15) is 17.2 Å². The standard InChI is InChI=1S/C20H20N2O/c23-16-15-22(19-13-7-8-14-21-19)20(17-9-3-1-4-10-17)18-11-5-2-6-12-18/h1-14,20,23H,15-16H2. The molecule has 0 unspecified atom stereocenters. The molecule has 0 aliphatic rings. The zero-order chi connectivity index (χ0) is 15.9. The number of pyridine rings is 1. The fourth-order valence-corrected chi connectivity index (χ4v) is 2.83. The van der Waals surface area contributed by atoms with Gasteiger partial charge in [0.2, 0.25) is 0 Å². The highest BCUT2D eigenvalue weighted by molar-refractivity contribution is 5.47. The van der Waals surface area contributed by atoms with Gasteiger partial charge in [0.05, 0.1) is 12.6 Å². The van der Waals surface area contributed by atoms with E-state index in [2.05, 4.69) is 34.1 Å². The summed E-state index contributed by atoms with van der Waals surface area (Å²) in [6.45, 7) is 0.595. The maximum atomic E-state index is 9.57. The average Bonchev–Trinajstić information content (AvgIpc) is 2.64. The highest BCUT2D eigenvalue weighted by Gasteiger charge is 2.23. The van der Waals surface area contributed by atoms with E-state index in [0.29, 0.717) is 6.54 Å². The molecule has 3 heteroatoms. The molecule has 0 fully saturated rings. The second kappa shape index (κ2) is 7.56. The predicted octanol–water partition coefficient (Wildman–Crippen LogP) is 3.67. The molecule has 0 spiro atoms. The molecule has 1 N–H and O–H groups in total. The van der Waals surface area contributed by atoms with Crippen molar-refractivity contribution in [3.05, 3.63) is 96.2 Å². The van der Waals surface area contributed by atoms with Crippen molar-refractivity contribution in [3.8, 4) is 0 Å². The first-order chi connectivity index (χ1) is 11.4. The predicted molar refractivity (Wildman–Crippen MR) is 93.4 cm³/mol. The molecule has 0 saturated carbocycles. The van der Waals surface area contributed by atoms with Gasteiger partial charge in [-0.05, 0) is 23.3 Å². The van der Waals surface area contributed by atoms with Gasteiger partial charge >= 0.3 is 0 Å². The minimum Gasteiger partial charge on any atom is -0.395 e. The first-order valence-electron chi connectivity index (χ1n) is 7.78. The number of nitrogens with zero attached hydrogens (tertiary/aromatic N) is 2. The van der Waals surface area contributed by atoms with E-state index in [1.54, 1.807) is 6.20 Å². The van der Waals surface area contributed by atoms with Crippen LogP contribution in [0.15, 0.2) is 85.1 Å². The molecule has 116 valence electrons. The third-order valence-corrected chi connectivity index (χ3v) is 3.83. The summed E-state index contributed by atoms with van der Waals surface area (Å²) in [6.07, 6.45) is 1.78. The zero-order valence-electron chi connectivity index (χ0n) is 12.9. The summed E-state index contributed by atoms with van der Waals surface area (Å²) >= 11 is 0. The molecular weight excluding hydrogens is 284 g/mol. The maximum absolute atomic E-state index is 9.57. The van der Waals surface area contributed by atoms with Gasteiger partial charge in [-0.2, -0.15) is 0 Å². The van der Waals surface area contributed by atoms with Gasteiger partial charge in [0.15, 0.2) is 0 Å². The van der Waals surface area contributed by atoms with Crippen LogP contribution in [-0.2, 0) is 0 Å². The van der Waals surface area contributed by atoms with Gasteiger partial charge in [0.25, 0.3) is 0 Å². The molecule has 23 heavy (non-hydrogen) atoms. The van der Waals surface area contributed by atoms with Gasteiger partial charge in [-0.25, -0.2) is 4.98 Å². The molecule has 1 heterocycles. The van der Waals surface area contributed by atoms with E-state index in [4.69, 9.17) is 0 Å². The summed E-state index contributed by atoms with van der Waals surface area (Å²) in [5, 5.41) is 9.57. The Kier molecular flexibility index (Phi) is 5.02. The van der Waals surface area contributed by atoms with E-state index in [9.17, 15) is 5.11 Å². The van der Waals surface area contributed by atoms with E-state index in [1.165, 1.54) is 11.1 Å². The number of anilines is 1. The Bertz CT molecular complexity index is 662. The largest absolute Gasteiger partial charge is 0.395 e. The first kappa shape index (κ1) is 15.3. The molecular formula is C20H20N2O. The minimum atomic E-state index is 0.0134. The lowest BCUT2D eigenvalue weighted by Gasteiger charge is -2.33. The van der Waals surface area contributed by atoms with E-state index < -0.39 is 0 Å². The fraction of sp³-hybridized carbons (Fsp3) is 0.150. The Morgan fingerprint density at radius 2 is 1.35 bits per heavy atom. The summed E-state index contributed by atoms with van der Waals surface area (Å²) < 4.78 is 0. The van der Waals surface area contributed by atoms with Gasteiger partial charge in [0.1, 0.15) is 5.82 Å². The summed E-state index contributed by atoms with van der Waals surface area (Å²) in [4.78, 5) is 6.63. The molecule has 3 aromatic rings. The quantitative estimate of drug-likeness (QED) is 0.755. The van der Waals surface area contributed by atoms with Gasteiger partial charge in [-0.1, -0.05) is 66.7 Å². The van der Waals surface area contributed by atoms with Crippen LogP contribution in [0.2, 0.25) is 0 Å². The van der Waals surface area contributed by atoms with Crippen LogP contribution in [0.5, 0.6) is 0 Å². The van der Waals surface area contributed by atoms with Crippen LogP contribution >= 0.6 is 0 Å². The minimum absolute atomic E-state index is 0.0134. The van der Waals surface area contributed by atoms with Crippen LogP contribution in [0, 0.1) is 0 Å². The van der Waals surface area contributed by atoms with Crippen LogP contribution in [0.4, 0.5) is 5.82 Å². The average molecular weight is 304 g/mol. The molecule has 2 aromatic carbocycles. The van der Waals surface area contributed by atoms with Crippen molar-refractivity contribution in [2.24, 2.45) is 0 Å². The molecule has 0 aliphatic carbocycles. The third-order valence-electron chi connectivity index (χ3n) is 3.83. The molecule has 0 atom stereocenters. The van der Waals surface area contributed by atoms with Gasteiger partial charge < -0.3 is 10.0 Å². The molecule has 3 nitrogen and oxygen atoms in total. The van der Waals surface area contributed by atoms with Crippen molar-refractivity contribution in [1.82, 2.24) is 4.98 Å². The molecule has 0 aliphatic heterocycles. The van der Waals surface area contributed by atoms with E-state index in [1.807, 2.05) is 54.6 Å². The second-order valence-electron chi connectivity index (χ2n) is 5.33. The lowest BCUT2D eigenvalue weighted by Crippen LogP contribution is -2.32. The number of hydrogen-bond donors (Lipinski definition) is 1. The summed E-state index contributed by atoms with van der Waals surface area (Å²) in [7, 11) is 0. The Morgan fingerprint density at radius 3 is 1.83 bits per heavy atom. The van der Waals surface area contributed by atoms with Gasteiger partial charge in [-0.15, -0.1) is 0 Å². The van der Waals surface area contributed by atoms with Crippen molar-refractivity contribution in [2.75, 3.05) is 18.1 Å². The number of benzene rings is 2. The van der Waals surface area contributed by atoms with Crippen LogP contribution in [0.3, 0.4) is 0 Å². The third kappa shape index (κ3) is 3.58. The highest BCUT2D eigenvalue weighted by atomic mass is 16.3. The topological polar surface area (TPSA) is 36.4 Å². The van der Waals surface area contributed by atoms with Crippen LogP contribution in [0.25, 0.3) is 0 Å². The molecule has 3 rings (SSSR count). The van der Waals surface area contributed by atoms with E-state index >= 15 is 0 Å². The number of aromatic nitrogens is 1. The number of aliphatic hydroxyl groups excluding tert-OH is 1. The first-order valence-corrected chi connectivity index (χ1v) is 7.78. The van der Waals surface area contributed by atoms with Crippen molar-refractivity contribution in [1.29, 1.82) is 0 Å². The Labute approximate surface area is 136 Å². The number of rotatable bonds is 6. The normalized spacial score (nSPS) is 10.7. The number of aliphatic hydroxyl groups is 1. The number of hydrogen-bond acceptors (Lipinski definition) is 3. The summed E-state index contributed by atoms with van der Waals surface area (Å²) in [5.41, 5.74) is 2.36. The molecule has 0 saturated heterocycles. The lowest BCUT2D eigenvalue weighted by atomic mass is 9.97. The smallest absolute Gasteiger partial charge is 0.129 e. The van der Waals surface area contributed by atoms with Crippen molar-refractivity contribution >= 4 is 5.82 Å². The monoisotopic (exact) mass is 304 g/mol. The zero-order valence-corrected chi connectivity index (χ0v) is 12.9. The van der Waals surface area contributed by atoms with Crippen LogP contribution < -0.4 is 4.90 Å². The second-order valence-corrected chi connectivity index (χ2v) is 5.33. The van der Waals surface area contributed by atoms with E-state index in [0.717, 1.165) is 5.82 Å². The van der Waals surface area contributed by atoms with Gasteiger partial charge in [-0.3, -0.25) is 0 Å². The van der Waals surface area contributed by atoms with Crippen molar-refractivity contribution < 1.29 is 5.11 Å².